The number of carbonyl (C=O) groups excluding carboxylic acids is 1. The number of fused-ring (bicyclic) bond motifs is 1. The third kappa shape index (κ3) is 13.0. The number of aromatic nitrogens is 1. The average Bonchev–Trinajstić information content (AvgIpc) is 3.17. The van der Waals surface area contributed by atoms with E-state index in [1.807, 2.05) is 0 Å². The zero-order valence-corrected chi connectivity index (χ0v) is 34.3. The van der Waals surface area contributed by atoms with Gasteiger partial charge in [-0.1, -0.05) is 55.1 Å². The number of pyridine rings is 1. The quantitative estimate of drug-likeness (QED) is 0.0467. The van der Waals surface area contributed by atoms with Crippen molar-refractivity contribution in [2.75, 3.05) is 0 Å². The fourth-order valence-corrected chi connectivity index (χ4v) is 5.46. The molecule has 0 atom stereocenters. The number of rotatable bonds is 13. The Morgan fingerprint density at radius 1 is 0.895 bits per heavy atom. The first-order valence-corrected chi connectivity index (χ1v) is 16.5. The summed E-state index contributed by atoms with van der Waals surface area (Å²) in [7, 11) is 0. The second kappa shape index (κ2) is 20.6. The third-order valence-electron chi connectivity index (χ3n) is 8.04. The standard InChI is InChI=1S/C22H16F3N3O.C20H18F3NO3.U/c1-3-14(2)28-13-16-11-19(21-18(20(16)12-26)5-4-10-27-21)15-6-8-17(9-7-15)29-22(23,24)25;1-3-13-9-15(10-16(18(13)12-25)11-24-19(26)4-2)14-5-7-17(8-6-14)27-20(21,22)23;/h3-11,28H,1-2,13H2;4-8,10,25H,1-3,11-12H2,(H,24,26);/q;-2;+2. The molecule has 1 amide bonds. The molecule has 0 fully saturated rings. The predicted molar refractivity (Wildman–Crippen MR) is 199 cm³/mol. The van der Waals surface area contributed by atoms with Crippen LogP contribution in [0.15, 0.2) is 117 Å². The van der Waals surface area contributed by atoms with E-state index in [0.717, 1.165) is 6.08 Å². The molecule has 0 bridgehead atoms. The van der Waals surface area contributed by atoms with E-state index in [2.05, 4.69) is 63.9 Å². The molecule has 0 aliphatic heterocycles. The fraction of sp³-hybridized carbons (Fsp3) is 0.143. The van der Waals surface area contributed by atoms with Crippen molar-refractivity contribution >= 4 is 16.8 Å². The minimum Gasteiger partial charge on any atom is -0.406 e. The molecule has 5 aromatic rings. The van der Waals surface area contributed by atoms with E-state index in [1.165, 1.54) is 48.5 Å². The fourth-order valence-electron chi connectivity index (χ4n) is 5.46. The van der Waals surface area contributed by atoms with Gasteiger partial charge in [-0.25, -0.2) is 0 Å². The van der Waals surface area contributed by atoms with Gasteiger partial charge in [0.05, 0.1) is 11.1 Å². The van der Waals surface area contributed by atoms with Gasteiger partial charge in [-0.15, -0.1) is 49.6 Å². The molecule has 0 aliphatic rings. The summed E-state index contributed by atoms with van der Waals surface area (Å²) in [6.45, 7) is 14.9. The van der Waals surface area contributed by atoms with E-state index in [4.69, 9.17) is 0 Å². The number of nitrogens with zero attached hydrogens (tertiary/aromatic N) is 2. The number of allylic oxidation sites excluding steroid dienone is 1. The number of aliphatic hydroxyl groups excluding tert-OH is 1. The maximum atomic E-state index is 12.4. The Morgan fingerprint density at radius 3 is 1.98 bits per heavy atom. The Kier molecular flexibility index (Phi) is 16.5. The molecular weight excluding hydrogens is 977 g/mol. The molecule has 0 radical (unpaired) electrons. The molecule has 0 saturated carbocycles. The minimum absolute atomic E-state index is 0. The Bertz CT molecular complexity index is 2250. The third-order valence-corrected chi connectivity index (χ3v) is 8.04. The first-order valence-electron chi connectivity index (χ1n) is 16.5. The molecular formula is C42H34F6N4O4U. The van der Waals surface area contributed by atoms with E-state index >= 15 is 0 Å². The summed E-state index contributed by atoms with van der Waals surface area (Å²) in [5.41, 5.74) is 6.86. The zero-order chi connectivity index (χ0) is 41.0. The summed E-state index contributed by atoms with van der Waals surface area (Å²) < 4.78 is 81.8. The van der Waals surface area contributed by atoms with Crippen molar-refractivity contribution in [2.45, 2.75) is 38.8 Å². The van der Waals surface area contributed by atoms with E-state index in [9.17, 15) is 41.5 Å². The van der Waals surface area contributed by atoms with Crippen molar-refractivity contribution in [2.24, 2.45) is 0 Å². The van der Waals surface area contributed by atoms with Crippen LogP contribution in [0.25, 0.3) is 33.2 Å². The van der Waals surface area contributed by atoms with Crippen LogP contribution in [0.5, 0.6) is 11.5 Å². The molecule has 15 heteroatoms. The smallest absolute Gasteiger partial charge is 0.406 e. The summed E-state index contributed by atoms with van der Waals surface area (Å²) in [5.74, 6) is -0.997. The number of carbonyl (C=O) groups is 1. The molecule has 0 aliphatic carbocycles. The van der Waals surface area contributed by atoms with Gasteiger partial charge in [0.15, 0.2) is 0 Å². The monoisotopic (exact) mass is 1010 g/mol. The van der Waals surface area contributed by atoms with E-state index in [-0.39, 0.29) is 61.7 Å². The van der Waals surface area contributed by atoms with Gasteiger partial charge in [-0.2, -0.15) is 17.2 Å². The number of nitrogens with one attached hydrogen (secondary N) is 2. The number of ether oxygens (including phenoxy) is 2. The summed E-state index contributed by atoms with van der Waals surface area (Å²) in [5, 5.41) is 25.7. The van der Waals surface area contributed by atoms with Crippen LogP contribution in [0.3, 0.4) is 0 Å². The van der Waals surface area contributed by atoms with E-state index in [0.29, 0.717) is 79.6 Å². The summed E-state index contributed by atoms with van der Waals surface area (Å²) in [6, 6.07) is 23.3. The number of benzene rings is 4. The van der Waals surface area contributed by atoms with Crippen LogP contribution in [0, 0.1) is 55.4 Å². The number of hydrogen-bond donors (Lipinski definition) is 3. The number of nitriles is 1. The second-order valence-electron chi connectivity index (χ2n) is 11.7. The van der Waals surface area contributed by atoms with Gasteiger partial charge in [-0.3, -0.25) is 9.78 Å². The molecule has 1 aromatic heterocycles. The van der Waals surface area contributed by atoms with Crippen LogP contribution in [0.1, 0.15) is 27.8 Å². The molecule has 292 valence electrons. The molecule has 57 heavy (non-hydrogen) atoms. The summed E-state index contributed by atoms with van der Waals surface area (Å²) >= 11 is 0. The Labute approximate surface area is 348 Å². The zero-order valence-electron chi connectivity index (χ0n) is 30.2. The maximum absolute atomic E-state index is 12.4. The van der Waals surface area contributed by atoms with Crippen molar-refractivity contribution in [3.05, 3.63) is 157 Å². The van der Waals surface area contributed by atoms with Crippen LogP contribution in [-0.2, 0) is 30.9 Å². The van der Waals surface area contributed by atoms with Crippen LogP contribution in [-0.4, -0.2) is 28.7 Å². The van der Waals surface area contributed by atoms with Gasteiger partial charge in [0, 0.05) is 42.5 Å². The first kappa shape index (κ1) is 45.8. The van der Waals surface area contributed by atoms with Crippen molar-refractivity contribution in [1.82, 2.24) is 15.6 Å². The molecule has 1 heterocycles. The Morgan fingerprint density at radius 2 is 1.47 bits per heavy atom. The number of aliphatic hydroxyl groups is 1. The van der Waals surface area contributed by atoms with Gasteiger partial charge >= 0.3 is 43.8 Å². The van der Waals surface area contributed by atoms with Crippen LogP contribution >= 0.6 is 0 Å². The topological polar surface area (TPSA) is 116 Å². The second-order valence-corrected chi connectivity index (χ2v) is 11.7. The van der Waals surface area contributed by atoms with Crippen molar-refractivity contribution < 1.29 is 76.8 Å². The van der Waals surface area contributed by atoms with Gasteiger partial charge in [0.25, 0.3) is 0 Å². The predicted octanol–water partition coefficient (Wildman–Crippen LogP) is 9.18. The number of alkyl halides is 6. The summed E-state index contributed by atoms with van der Waals surface area (Å²) in [6.07, 6.45) is -4.86. The van der Waals surface area contributed by atoms with Gasteiger partial charge in [0.1, 0.15) is 17.6 Å². The number of hydrogen-bond acceptors (Lipinski definition) is 7. The van der Waals surface area contributed by atoms with Crippen LogP contribution in [0.2, 0.25) is 0 Å². The van der Waals surface area contributed by atoms with E-state index < -0.39 is 12.7 Å². The minimum atomic E-state index is -4.76. The van der Waals surface area contributed by atoms with Gasteiger partial charge in [0.2, 0.25) is 5.91 Å². The Hall–Kier alpha value is -5.54. The molecule has 0 spiro atoms. The number of halogens is 6. The molecule has 8 nitrogen and oxygen atoms in total. The maximum Gasteiger partial charge on any atom is 2.00 e. The SMILES string of the molecule is C=CC(=C)NCc1cc(-c2ccc(OC(F)(F)F)cc2)c2ncccc2c1C#N.C=CC(=O)NCc1cc(-c2ccc(OC(F)(F)F)cc2)[c-]c(C[CH2-])c1CO.[U+2]. The molecule has 4 aromatic carbocycles. The Balaban J connectivity index is 0.000000301. The molecule has 0 saturated heterocycles. The first-order chi connectivity index (χ1) is 26.6. The largest absolute Gasteiger partial charge is 2.00 e. The van der Waals surface area contributed by atoms with Crippen LogP contribution in [0.4, 0.5) is 26.3 Å². The number of amides is 1. The molecule has 5 rings (SSSR count). The van der Waals surface area contributed by atoms with E-state index in [1.54, 1.807) is 36.5 Å². The average molecular weight is 1010 g/mol. The van der Waals surface area contributed by atoms with Crippen molar-refractivity contribution in [3.63, 3.8) is 0 Å². The van der Waals surface area contributed by atoms with Gasteiger partial charge < -0.3 is 32.1 Å². The van der Waals surface area contributed by atoms with Crippen LogP contribution < -0.4 is 20.1 Å². The molecule has 0 unspecified atom stereocenters. The van der Waals surface area contributed by atoms with Gasteiger partial charge in [-0.05, 0) is 65.7 Å². The summed E-state index contributed by atoms with van der Waals surface area (Å²) in [4.78, 5) is 15.8. The molecule has 3 N–H and O–H groups in total. The normalized spacial score (nSPS) is 10.9. The van der Waals surface area contributed by atoms with Crippen molar-refractivity contribution in [3.8, 4) is 39.8 Å². The van der Waals surface area contributed by atoms with Crippen molar-refractivity contribution in [1.29, 1.82) is 5.26 Å².